The van der Waals surface area contributed by atoms with Gasteiger partial charge in [0.1, 0.15) is 10.1 Å². The maximum absolute atomic E-state index is 12.3. The molecule has 0 spiro atoms. The van der Waals surface area contributed by atoms with Crippen molar-refractivity contribution < 1.29 is 9.53 Å². The van der Waals surface area contributed by atoms with Gasteiger partial charge in [-0.1, -0.05) is 11.6 Å². The molecule has 1 aromatic heterocycles. The van der Waals surface area contributed by atoms with E-state index in [1.54, 1.807) is 30.3 Å². The molecule has 2 aromatic rings. The topological polar surface area (TPSA) is 63.2 Å². The zero-order valence-electron chi connectivity index (χ0n) is 12.3. The highest BCUT2D eigenvalue weighted by atomic mass is 35.5. The van der Waals surface area contributed by atoms with Gasteiger partial charge in [-0.15, -0.1) is 0 Å². The summed E-state index contributed by atoms with van der Waals surface area (Å²) >= 11 is 6.99. The van der Waals surface area contributed by atoms with Crippen LogP contribution in [0.1, 0.15) is 29.6 Å². The van der Waals surface area contributed by atoms with Crippen LogP contribution in [0.4, 0.5) is 0 Å². The van der Waals surface area contributed by atoms with Gasteiger partial charge >= 0.3 is 0 Å². The minimum absolute atomic E-state index is 0.0346. The fourth-order valence-corrected chi connectivity index (χ4v) is 3.93. The Bertz CT molecular complexity index is 718. The molecule has 2 bridgehead atoms. The van der Waals surface area contributed by atoms with Crippen molar-refractivity contribution in [2.24, 2.45) is 0 Å². The summed E-state index contributed by atoms with van der Waals surface area (Å²) in [6.45, 7) is 0. The van der Waals surface area contributed by atoms with Crippen LogP contribution in [0.5, 0.6) is 11.6 Å². The second-order valence-corrected chi connectivity index (χ2v) is 7.40. The van der Waals surface area contributed by atoms with E-state index in [1.165, 1.54) is 18.0 Å². The van der Waals surface area contributed by atoms with E-state index in [4.69, 9.17) is 16.3 Å². The molecule has 1 amide bonds. The van der Waals surface area contributed by atoms with Crippen molar-refractivity contribution in [2.45, 2.75) is 37.4 Å². The third kappa shape index (κ3) is 3.20. The molecule has 4 rings (SSSR count). The highest BCUT2D eigenvalue weighted by Crippen LogP contribution is 2.29. The Kier molecular flexibility index (Phi) is 3.97. The first-order valence-corrected chi connectivity index (χ1v) is 8.79. The molecule has 120 valence electrons. The van der Waals surface area contributed by atoms with Gasteiger partial charge in [-0.3, -0.25) is 4.79 Å². The molecular weight excluding hydrogens is 334 g/mol. The van der Waals surface area contributed by atoms with Crippen LogP contribution in [0, 0.1) is 0 Å². The lowest BCUT2D eigenvalue weighted by atomic mass is 9.95. The average Bonchev–Trinajstić information content (AvgIpc) is 3.25. The van der Waals surface area contributed by atoms with Gasteiger partial charge in [0, 0.05) is 29.8 Å². The fourth-order valence-electron chi connectivity index (χ4n) is 3.32. The Hall–Kier alpha value is -1.63. The van der Waals surface area contributed by atoms with Crippen LogP contribution < -0.4 is 15.4 Å². The standard InChI is InChI=1S/C16H16ClN3O2S/c17-14-8-15(20-23-14)22-11-4-1-9(2-5-11)16(21)19-13-7-10-3-6-12(13)18-10/h1-2,4-5,8,10,12-13,18H,3,6-7H2,(H,19,21)/t10-,12+,13-/m1/s1. The van der Waals surface area contributed by atoms with Crippen molar-refractivity contribution in [2.75, 3.05) is 0 Å². The summed E-state index contributed by atoms with van der Waals surface area (Å²) in [5.41, 5.74) is 0.636. The van der Waals surface area contributed by atoms with E-state index >= 15 is 0 Å². The van der Waals surface area contributed by atoms with Crippen LogP contribution >= 0.6 is 23.1 Å². The molecule has 2 fully saturated rings. The predicted octanol–water partition coefficient (Wildman–Crippen LogP) is 3.21. The number of fused-ring (bicyclic) bond motifs is 2. The van der Waals surface area contributed by atoms with Crippen molar-refractivity contribution in [1.82, 2.24) is 15.0 Å². The lowest BCUT2D eigenvalue weighted by Gasteiger charge is -2.21. The van der Waals surface area contributed by atoms with Crippen molar-refractivity contribution in [1.29, 1.82) is 0 Å². The van der Waals surface area contributed by atoms with Crippen molar-refractivity contribution in [3.05, 3.63) is 40.2 Å². The van der Waals surface area contributed by atoms with Crippen LogP contribution in [-0.4, -0.2) is 28.4 Å². The quantitative estimate of drug-likeness (QED) is 0.889. The van der Waals surface area contributed by atoms with Crippen LogP contribution in [0.2, 0.25) is 4.34 Å². The summed E-state index contributed by atoms with van der Waals surface area (Å²) in [7, 11) is 0. The molecule has 23 heavy (non-hydrogen) atoms. The SMILES string of the molecule is O=C(N[C@@H]1C[C@H]2CC[C@@H]1N2)c1ccc(Oc2cc(Cl)sn2)cc1. The number of nitrogens with one attached hydrogen (secondary N) is 2. The van der Waals surface area contributed by atoms with Crippen molar-refractivity contribution in [3.63, 3.8) is 0 Å². The van der Waals surface area contributed by atoms with Crippen LogP contribution in [0.15, 0.2) is 30.3 Å². The number of carbonyl (C=O) groups excluding carboxylic acids is 1. The summed E-state index contributed by atoms with van der Waals surface area (Å²) in [4.78, 5) is 12.3. The molecule has 2 saturated heterocycles. The number of aromatic nitrogens is 1. The highest BCUT2D eigenvalue weighted by Gasteiger charge is 2.39. The third-order valence-corrected chi connectivity index (χ3v) is 5.29. The minimum atomic E-state index is -0.0346. The number of hydrogen-bond donors (Lipinski definition) is 2. The number of carbonyl (C=O) groups is 1. The molecule has 5 nitrogen and oxygen atoms in total. The highest BCUT2D eigenvalue weighted by molar-refractivity contribution is 7.10. The van der Waals surface area contributed by atoms with E-state index in [-0.39, 0.29) is 11.9 Å². The first kappa shape index (κ1) is 14.9. The van der Waals surface area contributed by atoms with E-state index in [1.807, 2.05) is 0 Å². The maximum atomic E-state index is 12.3. The largest absolute Gasteiger partial charge is 0.438 e. The van der Waals surface area contributed by atoms with Gasteiger partial charge in [0.25, 0.3) is 5.91 Å². The van der Waals surface area contributed by atoms with Crippen LogP contribution in [-0.2, 0) is 0 Å². The number of rotatable bonds is 4. The molecule has 3 atom stereocenters. The average molecular weight is 350 g/mol. The molecule has 1 aromatic carbocycles. The maximum Gasteiger partial charge on any atom is 0.251 e. The zero-order valence-corrected chi connectivity index (χ0v) is 13.9. The first-order valence-electron chi connectivity index (χ1n) is 7.64. The molecule has 0 aliphatic carbocycles. The number of amides is 1. The number of hydrogen-bond acceptors (Lipinski definition) is 5. The van der Waals surface area contributed by atoms with E-state index < -0.39 is 0 Å². The van der Waals surface area contributed by atoms with Gasteiger partial charge in [-0.05, 0) is 55.1 Å². The molecule has 7 heteroatoms. The number of halogens is 1. The van der Waals surface area contributed by atoms with Gasteiger partial charge in [0.2, 0.25) is 5.88 Å². The van der Waals surface area contributed by atoms with Gasteiger partial charge in [-0.2, -0.15) is 4.37 Å². The lowest BCUT2D eigenvalue weighted by Crippen LogP contribution is -2.42. The Balaban J connectivity index is 1.38. The number of benzene rings is 1. The summed E-state index contributed by atoms with van der Waals surface area (Å²) in [6, 6.07) is 9.97. The summed E-state index contributed by atoms with van der Waals surface area (Å²) in [5, 5.41) is 6.65. The van der Waals surface area contributed by atoms with Crippen LogP contribution in [0.25, 0.3) is 0 Å². The summed E-state index contributed by atoms with van der Waals surface area (Å²) in [6.07, 6.45) is 3.41. The van der Waals surface area contributed by atoms with Gasteiger partial charge in [0.15, 0.2) is 0 Å². The number of nitrogens with zero attached hydrogens (tertiary/aromatic N) is 1. The summed E-state index contributed by atoms with van der Waals surface area (Å²) < 4.78 is 10.2. The molecule has 2 aliphatic rings. The fraction of sp³-hybridized carbons (Fsp3) is 0.375. The Morgan fingerprint density at radius 1 is 1.35 bits per heavy atom. The summed E-state index contributed by atoms with van der Waals surface area (Å²) in [5.74, 6) is 1.06. The molecule has 0 saturated carbocycles. The van der Waals surface area contributed by atoms with Crippen LogP contribution in [0.3, 0.4) is 0 Å². The normalized spacial score (nSPS) is 25.5. The second-order valence-electron chi connectivity index (χ2n) is 5.96. The van der Waals surface area contributed by atoms with E-state index in [2.05, 4.69) is 15.0 Å². The minimum Gasteiger partial charge on any atom is -0.438 e. The molecule has 2 aliphatic heterocycles. The zero-order chi connectivity index (χ0) is 15.8. The Morgan fingerprint density at radius 3 is 2.78 bits per heavy atom. The van der Waals surface area contributed by atoms with E-state index in [0.717, 1.165) is 12.8 Å². The van der Waals surface area contributed by atoms with E-state index in [0.29, 0.717) is 33.6 Å². The smallest absolute Gasteiger partial charge is 0.251 e. The van der Waals surface area contributed by atoms with Gasteiger partial charge in [-0.25, -0.2) is 0 Å². The number of ether oxygens (including phenoxy) is 1. The monoisotopic (exact) mass is 349 g/mol. The third-order valence-electron chi connectivity index (χ3n) is 4.42. The van der Waals surface area contributed by atoms with Gasteiger partial charge in [0.05, 0.1) is 0 Å². The Morgan fingerprint density at radius 2 is 2.17 bits per heavy atom. The first-order chi connectivity index (χ1) is 11.2. The second kappa shape index (κ2) is 6.11. The molecule has 0 unspecified atom stereocenters. The lowest BCUT2D eigenvalue weighted by molar-refractivity contribution is 0.0931. The molecular formula is C16H16ClN3O2S. The van der Waals surface area contributed by atoms with Crippen molar-refractivity contribution in [3.8, 4) is 11.6 Å². The Labute approximate surface area is 143 Å². The molecule has 0 radical (unpaired) electrons. The predicted molar refractivity (Wildman–Crippen MR) is 89.5 cm³/mol. The molecule has 3 heterocycles. The van der Waals surface area contributed by atoms with Crippen molar-refractivity contribution >= 4 is 29.0 Å². The molecule has 2 N–H and O–H groups in total. The van der Waals surface area contributed by atoms with Gasteiger partial charge < -0.3 is 15.4 Å². The van der Waals surface area contributed by atoms with E-state index in [9.17, 15) is 4.79 Å².